The predicted octanol–water partition coefficient (Wildman–Crippen LogP) is 1.74. The predicted molar refractivity (Wildman–Crippen MR) is 79.7 cm³/mol. The van der Waals surface area contributed by atoms with Gasteiger partial charge in [-0.15, -0.1) is 0 Å². The number of rotatable bonds is 5. The number of esters is 2. The van der Waals surface area contributed by atoms with Crippen LogP contribution in [0.5, 0.6) is 0 Å². The highest BCUT2D eigenvalue weighted by molar-refractivity contribution is 6.03. The average molecular weight is 302 g/mol. The van der Waals surface area contributed by atoms with Gasteiger partial charge in [0.2, 0.25) is 0 Å². The Morgan fingerprint density at radius 1 is 1.05 bits per heavy atom. The fraction of sp³-hybridized carbons (Fsp3) is 0.353. The summed E-state index contributed by atoms with van der Waals surface area (Å²) in [4.78, 5) is 35.6. The van der Waals surface area contributed by atoms with Crippen molar-refractivity contribution >= 4 is 17.7 Å². The minimum absolute atomic E-state index is 0.152. The molecule has 0 radical (unpaired) electrons. The molecule has 22 heavy (non-hydrogen) atoms. The Hall–Kier alpha value is -2.61. The molecule has 0 amide bonds. The summed E-state index contributed by atoms with van der Waals surface area (Å²) in [6, 6.07) is 9.11. The van der Waals surface area contributed by atoms with Crippen LogP contribution in [0.3, 0.4) is 0 Å². The third kappa shape index (κ3) is 4.19. The van der Waals surface area contributed by atoms with E-state index < -0.39 is 17.4 Å². The molecule has 0 saturated carbocycles. The Morgan fingerprint density at radius 3 is 2.05 bits per heavy atom. The molecule has 0 aliphatic heterocycles. The molecule has 0 bridgehead atoms. The lowest BCUT2D eigenvalue weighted by atomic mass is 9.80. The number of hydrogen-bond acceptors (Lipinski definition) is 5. The Kier molecular flexibility index (Phi) is 6.33. The zero-order valence-corrected chi connectivity index (χ0v) is 12.8. The molecule has 1 aromatic rings. The second-order valence-corrected chi connectivity index (χ2v) is 4.79. The van der Waals surface area contributed by atoms with Crippen molar-refractivity contribution in [2.45, 2.75) is 19.8 Å². The minimum atomic E-state index is -1.73. The van der Waals surface area contributed by atoms with E-state index in [-0.39, 0.29) is 18.6 Å². The van der Waals surface area contributed by atoms with E-state index in [4.69, 9.17) is 0 Å². The van der Waals surface area contributed by atoms with Crippen molar-refractivity contribution in [3.63, 3.8) is 0 Å². The molecule has 0 aliphatic rings. The lowest BCUT2D eigenvalue weighted by Gasteiger charge is -2.24. The van der Waals surface area contributed by atoms with Crippen LogP contribution in [0.4, 0.5) is 0 Å². The van der Waals surface area contributed by atoms with Gasteiger partial charge in [0.15, 0.2) is 5.41 Å². The van der Waals surface area contributed by atoms with E-state index in [1.807, 2.05) is 18.2 Å². The molecule has 5 nitrogen and oxygen atoms in total. The van der Waals surface area contributed by atoms with Gasteiger partial charge in [0.25, 0.3) is 0 Å². The van der Waals surface area contributed by atoms with Crippen LogP contribution in [-0.4, -0.2) is 31.9 Å². The lowest BCUT2D eigenvalue weighted by Crippen LogP contribution is -2.42. The van der Waals surface area contributed by atoms with Crippen LogP contribution >= 0.6 is 0 Å². The van der Waals surface area contributed by atoms with Gasteiger partial charge < -0.3 is 9.47 Å². The maximum Gasteiger partial charge on any atom is 0.324 e. The number of carbonyl (C=O) groups is 3. The fourth-order valence-corrected chi connectivity index (χ4v) is 2.07. The molecule has 1 rings (SSSR count). The van der Waals surface area contributed by atoms with Crippen molar-refractivity contribution in [3.05, 3.63) is 35.9 Å². The summed E-state index contributed by atoms with van der Waals surface area (Å²) in [5.41, 5.74) is -0.981. The van der Waals surface area contributed by atoms with Crippen molar-refractivity contribution in [1.82, 2.24) is 0 Å². The van der Waals surface area contributed by atoms with Crippen molar-refractivity contribution < 1.29 is 23.9 Å². The largest absolute Gasteiger partial charge is 0.468 e. The summed E-state index contributed by atoms with van der Waals surface area (Å²) < 4.78 is 9.37. The van der Waals surface area contributed by atoms with E-state index in [2.05, 4.69) is 21.3 Å². The van der Waals surface area contributed by atoms with Crippen molar-refractivity contribution in [2.75, 3.05) is 14.2 Å². The molecule has 0 aromatic heterocycles. The number of Topliss-reactive ketones (excluding diaryl/α,β-unsaturated/α-hetero) is 1. The third-order valence-corrected chi connectivity index (χ3v) is 3.10. The van der Waals surface area contributed by atoms with E-state index in [9.17, 15) is 14.4 Å². The topological polar surface area (TPSA) is 69.7 Å². The van der Waals surface area contributed by atoms with Crippen LogP contribution in [0.15, 0.2) is 30.3 Å². The molecule has 0 heterocycles. The summed E-state index contributed by atoms with van der Waals surface area (Å²) in [5, 5.41) is 0. The maximum absolute atomic E-state index is 12.1. The summed E-state index contributed by atoms with van der Waals surface area (Å²) in [6.07, 6.45) is -0.462. The molecule has 0 saturated heterocycles. The first-order valence-electron chi connectivity index (χ1n) is 6.66. The zero-order valence-electron chi connectivity index (χ0n) is 12.8. The van der Waals surface area contributed by atoms with Crippen LogP contribution < -0.4 is 0 Å². The molecule has 0 atom stereocenters. The molecule has 0 spiro atoms. The lowest BCUT2D eigenvalue weighted by molar-refractivity contribution is -0.170. The highest BCUT2D eigenvalue weighted by Crippen LogP contribution is 2.30. The number of ketones is 1. The van der Waals surface area contributed by atoms with Crippen LogP contribution in [-0.2, 0) is 23.9 Å². The number of methoxy groups -OCH3 is 2. The molecule has 0 fully saturated rings. The average Bonchev–Trinajstić information content (AvgIpc) is 2.52. The van der Waals surface area contributed by atoms with E-state index in [0.717, 1.165) is 19.8 Å². The van der Waals surface area contributed by atoms with Crippen LogP contribution in [0.1, 0.15) is 25.3 Å². The van der Waals surface area contributed by atoms with Gasteiger partial charge in [-0.3, -0.25) is 14.4 Å². The van der Waals surface area contributed by atoms with Crippen molar-refractivity contribution in [1.29, 1.82) is 0 Å². The number of benzene rings is 1. The first-order chi connectivity index (χ1) is 10.5. The second-order valence-electron chi connectivity index (χ2n) is 4.79. The highest BCUT2D eigenvalue weighted by atomic mass is 16.5. The highest BCUT2D eigenvalue weighted by Gasteiger charge is 2.48. The summed E-state index contributed by atoms with van der Waals surface area (Å²) >= 11 is 0. The van der Waals surface area contributed by atoms with Crippen molar-refractivity contribution in [3.8, 4) is 11.8 Å². The normalized spacial score (nSPS) is 10.1. The summed E-state index contributed by atoms with van der Waals surface area (Å²) in [6.45, 7) is 1.30. The van der Waals surface area contributed by atoms with E-state index in [1.54, 1.807) is 12.1 Å². The van der Waals surface area contributed by atoms with Gasteiger partial charge >= 0.3 is 11.9 Å². The summed E-state index contributed by atoms with van der Waals surface area (Å²) in [5.74, 6) is 3.66. The fourth-order valence-electron chi connectivity index (χ4n) is 2.07. The van der Waals surface area contributed by atoms with Gasteiger partial charge in [-0.1, -0.05) is 30.0 Å². The van der Waals surface area contributed by atoms with Crippen LogP contribution in [0.2, 0.25) is 0 Å². The molecule has 0 aliphatic carbocycles. The first kappa shape index (κ1) is 17.4. The maximum atomic E-state index is 12.1. The standard InChI is InChI=1S/C17H18O5/c1-13(18)12-17(15(19)21-2,16(20)22-3)11-7-10-14-8-5-4-6-9-14/h4-6,8-9H,11-12H2,1-3H3. The molecular formula is C17H18O5. The second kappa shape index (κ2) is 7.99. The zero-order chi connectivity index (χ0) is 16.6. The van der Waals surface area contributed by atoms with Gasteiger partial charge in [0.1, 0.15) is 5.78 Å². The molecule has 0 unspecified atom stereocenters. The monoisotopic (exact) mass is 302 g/mol. The van der Waals surface area contributed by atoms with Gasteiger partial charge in [-0.05, 0) is 19.1 Å². The smallest absolute Gasteiger partial charge is 0.324 e. The minimum Gasteiger partial charge on any atom is -0.468 e. The molecule has 0 N–H and O–H groups in total. The van der Waals surface area contributed by atoms with E-state index in [1.165, 1.54) is 6.92 Å². The molecule has 116 valence electrons. The first-order valence-corrected chi connectivity index (χ1v) is 6.66. The third-order valence-electron chi connectivity index (χ3n) is 3.10. The van der Waals surface area contributed by atoms with Crippen molar-refractivity contribution in [2.24, 2.45) is 5.41 Å². The number of ether oxygens (including phenoxy) is 2. The quantitative estimate of drug-likeness (QED) is 0.471. The molecular weight excluding hydrogens is 284 g/mol. The Bertz CT molecular complexity index is 591. The van der Waals surface area contributed by atoms with Gasteiger partial charge in [0, 0.05) is 18.4 Å². The molecule has 5 heteroatoms. The van der Waals surface area contributed by atoms with E-state index in [0.29, 0.717) is 0 Å². The Balaban J connectivity index is 3.14. The van der Waals surface area contributed by atoms with E-state index >= 15 is 0 Å². The van der Waals surface area contributed by atoms with Gasteiger partial charge in [0.05, 0.1) is 14.2 Å². The molecule has 1 aromatic carbocycles. The van der Waals surface area contributed by atoms with Gasteiger partial charge in [-0.25, -0.2) is 0 Å². The number of carbonyl (C=O) groups excluding carboxylic acids is 3. The Labute approximate surface area is 129 Å². The van der Waals surface area contributed by atoms with Crippen LogP contribution in [0.25, 0.3) is 0 Å². The Morgan fingerprint density at radius 2 is 1.59 bits per heavy atom. The summed E-state index contributed by atoms with van der Waals surface area (Å²) in [7, 11) is 2.32. The number of hydrogen-bond donors (Lipinski definition) is 0. The van der Waals surface area contributed by atoms with Crippen LogP contribution in [0, 0.1) is 17.3 Å². The van der Waals surface area contributed by atoms with Gasteiger partial charge in [-0.2, -0.15) is 0 Å². The SMILES string of the molecule is COC(=O)C(CC#Cc1ccccc1)(CC(C)=O)C(=O)OC.